The molecule has 4 rings (SSSR count). The van der Waals surface area contributed by atoms with Crippen molar-refractivity contribution >= 4 is 21.4 Å². The Morgan fingerprint density at radius 3 is 2.50 bits per heavy atom. The van der Waals surface area contributed by atoms with Gasteiger partial charge in [-0.25, -0.2) is 0 Å². The first-order valence-electron chi connectivity index (χ1n) is 7.69. The van der Waals surface area contributed by atoms with Gasteiger partial charge in [-0.2, -0.15) is 8.42 Å². The van der Waals surface area contributed by atoms with Crippen molar-refractivity contribution in [2.24, 2.45) is 11.4 Å². The van der Waals surface area contributed by atoms with Crippen LogP contribution >= 0.6 is 11.3 Å². The van der Waals surface area contributed by atoms with Crippen molar-refractivity contribution in [2.45, 2.75) is 17.7 Å². The van der Waals surface area contributed by atoms with Crippen molar-refractivity contribution < 1.29 is 8.42 Å². The monoisotopic (exact) mass is 356 g/mol. The summed E-state index contributed by atoms with van der Waals surface area (Å²) in [4.78, 5) is 1.93. The van der Waals surface area contributed by atoms with Crippen molar-refractivity contribution in [2.75, 3.05) is 0 Å². The van der Waals surface area contributed by atoms with Gasteiger partial charge in [-0.15, -0.1) is 15.7 Å². The van der Waals surface area contributed by atoms with Crippen LogP contribution < -0.4 is 4.80 Å². The van der Waals surface area contributed by atoms with Crippen LogP contribution in [0.15, 0.2) is 63.9 Å². The van der Waals surface area contributed by atoms with Crippen LogP contribution in [0.25, 0.3) is 11.3 Å². The molecule has 0 spiro atoms. The van der Waals surface area contributed by atoms with Crippen molar-refractivity contribution in [1.82, 2.24) is 4.57 Å². The number of aryl methyl sites for hydroxylation is 2. The van der Waals surface area contributed by atoms with E-state index in [-0.39, 0.29) is 4.90 Å². The highest BCUT2D eigenvalue weighted by Gasteiger charge is 2.22. The van der Waals surface area contributed by atoms with E-state index in [0.29, 0.717) is 4.80 Å². The Labute approximate surface area is 144 Å². The van der Waals surface area contributed by atoms with Crippen LogP contribution in [0.4, 0.5) is 0 Å². The van der Waals surface area contributed by atoms with E-state index < -0.39 is 10.0 Å². The molecular weight excluding hydrogens is 340 g/mol. The molecule has 1 heterocycles. The lowest BCUT2D eigenvalue weighted by molar-refractivity contribution is 0.596. The first-order chi connectivity index (χ1) is 11.6. The van der Waals surface area contributed by atoms with E-state index in [1.165, 1.54) is 27.3 Å². The maximum absolute atomic E-state index is 12.5. The zero-order chi connectivity index (χ0) is 16.7. The van der Waals surface area contributed by atoms with Crippen molar-refractivity contribution in [1.29, 1.82) is 0 Å². The van der Waals surface area contributed by atoms with Gasteiger partial charge in [0.05, 0.1) is 10.6 Å². The third-order valence-electron chi connectivity index (χ3n) is 4.23. The number of hydrogen-bond donors (Lipinski definition) is 0. The summed E-state index contributed by atoms with van der Waals surface area (Å²) in [7, 11) is -1.81. The molecule has 1 aliphatic rings. The van der Waals surface area contributed by atoms with Gasteiger partial charge in [-0.3, -0.25) is 0 Å². The third kappa shape index (κ3) is 2.52. The van der Waals surface area contributed by atoms with Gasteiger partial charge in [-0.1, -0.05) is 42.5 Å². The number of aromatic nitrogens is 1. The highest BCUT2D eigenvalue weighted by molar-refractivity contribution is 7.90. The van der Waals surface area contributed by atoms with Crippen molar-refractivity contribution in [3.63, 3.8) is 0 Å². The topological polar surface area (TPSA) is 51.4 Å². The summed E-state index contributed by atoms with van der Waals surface area (Å²) in [6.07, 6.45) is 1.90. The van der Waals surface area contributed by atoms with E-state index in [4.69, 9.17) is 0 Å². The number of thiazole rings is 1. The first kappa shape index (κ1) is 15.4. The van der Waals surface area contributed by atoms with Gasteiger partial charge in [0.15, 0.2) is 0 Å². The van der Waals surface area contributed by atoms with Crippen LogP contribution in [0, 0.1) is 0 Å². The highest BCUT2D eigenvalue weighted by Crippen LogP contribution is 2.34. The molecule has 4 nitrogen and oxygen atoms in total. The van der Waals surface area contributed by atoms with Crippen LogP contribution in [0.1, 0.15) is 10.4 Å². The van der Waals surface area contributed by atoms with E-state index in [9.17, 15) is 8.42 Å². The van der Waals surface area contributed by atoms with Gasteiger partial charge in [0.2, 0.25) is 4.80 Å². The van der Waals surface area contributed by atoms with Crippen LogP contribution in [0.5, 0.6) is 0 Å². The Morgan fingerprint density at radius 1 is 1.00 bits per heavy atom. The lowest BCUT2D eigenvalue weighted by atomic mass is 9.93. The fourth-order valence-electron chi connectivity index (χ4n) is 3.06. The average molecular weight is 356 g/mol. The molecule has 0 saturated carbocycles. The summed E-state index contributed by atoms with van der Waals surface area (Å²) < 4.78 is 31.1. The summed E-state index contributed by atoms with van der Waals surface area (Å²) in [6.45, 7) is 0. The second kappa shape index (κ2) is 5.72. The lowest BCUT2D eigenvalue weighted by Gasteiger charge is -2.16. The summed E-state index contributed by atoms with van der Waals surface area (Å²) in [6, 6.07) is 16.6. The van der Waals surface area contributed by atoms with Crippen LogP contribution in [0.2, 0.25) is 0 Å². The van der Waals surface area contributed by atoms with E-state index >= 15 is 0 Å². The minimum atomic E-state index is -3.70. The second-order valence-electron chi connectivity index (χ2n) is 5.75. The van der Waals surface area contributed by atoms with E-state index in [1.807, 2.05) is 23.7 Å². The van der Waals surface area contributed by atoms with Gasteiger partial charge >= 0.3 is 0 Å². The summed E-state index contributed by atoms with van der Waals surface area (Å²) in [5.74, 6) is 0. The Morgan fingerprint density at radius 2 is 1.71 bits per heavy atom. The van der Waals surface area contributed by atoms with Gasteiger partial charge in [0.25, 0.3) is 10.0 Å². The van der Waals surface area contributed by atoms with Crippen LogP contribution in [-0.4, -0.2) is 13.0 Å². The minimum Gasteiger partial charge on any atom is -0.319 e. The maximum atomic E-state index is 12.5. The molecule has 122 valence electrons. The average Bonchev–Trinajstić information content (AvgIpc) is 2.91. The first-order valence-corrected chi connectivity index (χ1v) is 9.95. The molecule has 0 bridgehead atoms. The molecule has 6 heteroatoms. The van der Waals surface area contributed by atoms with E-state index in [2.05, 4.69) is 16.5 Å². The summed E-state index contributed by atoms with van der Waals surface area (Å²) in [5.41, 5.74) is 3.57. The number of sulfonamides is 1. The Kier molecular flexibility index (Phi) is 3.66. The standard InChI is InChI=1S/C18H16N2O2S2/c1-20-17-15-10-6-5-7-13(15)11-12-16(17)23-18(20)19-24(21,22)14-8-3-2-4-9-14/h2-10H,11-12H2,1H3. The highest BCUT2D eigenvalue weighted by atomic mass is 32.2. The molecule has 0 amide bonds. The third-order valence-corrected chi connectivity index (χ3v) is 6.82. The molecule has 0 N–H and O–H groups in total. The minimum absolute atomic E-state index is 0.219. The zero-order valence-electron chi connectivity index (χ0n) is 13.1. The Hall–Kier alpha value is -2.18. The molecule has 0 aliphatic heterocycles. The SMILES string of the molecule is Cn1c2c(sc1=NS(=O)(=O)c1ccccc1)CCc1ccccc1-2. The molecule has 0 radical (unpaired) electrons. The molecule has 0 unspecified atom stereocenters. The molecular formula is C18H16N2O2S2. The van der Waals surface area contributed by atoms with Crippen LogP contribution in [0.3, 0.4) is 0 Å². The molecule has 0 atom stereocenters. The molecule has 1 aliphatic carbocycles. The van der Waals surface area contributed by atoms with Gasteiger partial charge in [0.1, 0.15) is 0 Å². The Bertz CT molecular complexity index is 1080. The predicted molar refractivity (Wildman–Crippen MR) is 95.3 cm³/mol. The van der Waals surface area contributed by atoms with Gasteiger partial charge in [-0.05, 0) is 30.5 Å². The summed E-state index contributed by atoms with van der Waals surface area (Å²) in [5, 5.41) is 0. The van der Waals surface area contributed by atoms with Crippen LogP contribution in [-0.2, 0) is 29.9 Å². The van der Waals surface area contributed by atoms with Crippen molar-refractivity contribution in [3.05, 3.63) is 69.8 Å². The molecule has 2 aromatic carbocycles. The normalized spacial score (nSPS) is 14.3. The predicted octanol–water partition coefficient (Wildman–Crippen LogP) is 3.14. The number of hydrogen-bond acceptors (Lipinski definition) is 3. The number of fused-ring (bicyclic) bond motifs is 3. The lowest BCUT2D eigenvalue weighted by Crippen LogP contribution is -2.15. The molecule has 1 aromatic heterocycles. The van der Waals surface area contributed by atoms with Gasteiger partial charge < -0.3 is 4.57 Å². The fraction of sp³-hybridized carbons (Fsp3) is 0.167. The Balaban J connectivity index is 1.90. The molecule has 3 aromatic rings. The van der Waals surface area contributed by atoms with Crippen molar-refractivity contribution in [3.8, 4) is 11.3 Å². The largest absolute Gasteiger partial charge is 0.319 e. The zero-order valence-corrected chi connectivity index (χ0v) is 14.8. The number of benzene rings is 2. The maximum Gasteiger partial charge on any atom is 0.285 e. The number of nitrogens with zero attached hydrogens (tertiary/aromatic N) is 2. The van der Waals surface area contributed by atoms with E-state index in [1.54, 1.807) is 30.3 Å². The number of rotatable bonds is 2. The second-order valence-corrected chi connectivity index (χ2v) is 8.42. The smallest absolute Gasteiger partial charge is 0.285 e. The molecule has 24 heavy (non-hydrogen) atoms. The van der Waals surface area contributed by atoms with Gasteiger partial charge in [0, 0.05) is 17.5 Å². The fourth-order valence-corrected chi connectivity index (χ4v) is 5.43. The molecule has 0 saturated heterocycles. The molecule has 0 fully saturated rings. The van der Waals surface area contributed by atoms with E-state index in [0.717, 1.165) is 18.5 Å². The quantitative estimate of drug-likeness (QED) is 0.708. The summed E-state index contributed by atoms with van der Waals surface area (Å²) >= 11 is 1.46.